The highest BCUT2D eigenvalue weighted by Crippen LogP contribution is 2.24. The van der Waals surface area contributed by atoms with Gasteiger partial charge in [-0.15, -0.1) is 0 Å². The van der Waals surface area contributed by atoms with Crippen LogP contribution in [0.1, 0.15) is 26.3 Å². The fourth-order valence-corrected chi connectivity index (χ4v) is 4.35. The number of halogens is 1. The number of carbonyl (C=O) groups is 1. The highest BCUT2D eigenvalue weighted by atomic mass is 79.9. The molecule has 2 rings (SSSR count). The van der Waals surface area contributed by atoms with Crippen LogP contribution in [-0.4, -0.2) is 48.1 Å². The molecule has 0 aromatic carbocycles. The number of amides is 1. The van der Waals surface area contributed by atoms with Gasteiger partial charge in [-0.2, -0.15) is 0 Å². The van der Waals surface area contributed by atoms with Gasteiger partial charge in [-0.05, 0) is 54.4 Å². The van der Waals surface area contributed by atoms with Crippen LogP contribution < -0.4 is 4.74 Å². The molecule has 0 atom stereocenters. The van der Waals surface area contributed by atoms with E-state index in [0.29, 0.717) is 16.0 Å². The molecule has 2 aromatic heterocycles. The molecule has 0 unspecified atom stereocenters. The van der Waals surface area contributed by atoms with E-state index in [-0.39, 0.29) is 11.4 Å². The van der Waals surface area contributed by atoms with Crippen molar-refractivity contribution in [3.05, 3.63) is 40.8 Å². The van der Waals surface area contributed by atoms with Gasteiger partial charge in [0.05, 0.1) is 19.9 Å². The largest absolute Gasteiger partial charge is 0.481 e. The molecule has 0 aliphatic rings. The lowest BCUT2D eigenvalue weighted by atomic mass is 10.2. The molecule has 148 valence electrons. The number of methoxy groups -OCH3 is 1. The number of hydrogen-bond acceptors (Lipinski definition) is 6. The van der Waals surface area contributed by atoms with Gasteiger partial charge in [-0.25, -0.2) is 22.2 Å². The molecule has 0 N–H and O–H groups in total. The van der Waals surface area contributed by atoms with E-state index in [1.165, 1.54) is 36.5 Å². The van der Waals surface area contributed by atoms with Crippen molar-refractivity contribution in [2.45, 2.75) is 37.8 Å². The molecule has 0 aliphatic heterocycles. The van der Waals surface area contributed by atoms with E-state index in [0.717, 1.165) is 3.97 Å². The highest BCUT2D eigenvalue weighted by Gasteiger charge is 2.23. The topological polar surface area (TPSA) is 90.7 Å². The lowest BCUT2D eigenvalue weighted by Crippen LogP contribution is -2.33. The maximum atomic E-state index is 12.8. The summed E-state index contributed by atoms with van der Waals surface area (Å²) >= 11 is 3.26. The Bertz CT molecular complexity index is 917. The Hall–Kier alpha value is -2.07. The zero-order valence-corrected chi connectivity index (χ0v) is 18.2. The SMILES string of the molecule is COc1ccc(S(=O)(=O)n2cc(CN(C)C(=O)OC(C)(C)C)cc2Br)cn1. The molecule has 0 saturated heterocycles. The Labute approximate surface area is 167 Å². The monoisotopic (exact) mass is 459 g/mol. The Balaban J connectivity index is 2.23. The summed E-state index contributed by atoms with van der Waals surface area (Å²) in [6.45, 7) is 5.53. The zero-order valence-electron chi connectivity index (χ0n) is 15.8. The zero-order chi connectivity index (χ0) is 20.4. The quantitative estimate of drug-likeness (QED) is 0.681. The first-order valence-corrected chi connectivity index (χ1v) is 10.2. The summed E-state index contributed by atoms with van der Waals surface area (Å²) in [6.07, 6.45) is 2.19. The van der Waals surface area contributed by atoms with E-state index in [9.17, 15) is 13.2 Å². The standard InChI is InChI=1S/C17H22BrN3O5S/c1-17(2,3)26-16(22)20(4)10-12-8-14(18)21(11-12)27(23,24)13-6-7-15(25-5)19-9-13/h6-9,11H,10H2,1-5H3. The molecule has 10 heteroatoms. The van der Waals surface area contributed by atoms with Crippen LogP contribution in [-0.2, 0) is 21.3 Å². The van der Waals surface area contributed by atoms with Crippen molar-refractivity contribution >= 4 is 32.0 Å². The highest BCUT2D eigenvalue weighted by molar-refractivity contribution is 9.10. The van der Waals surface area contributed by atoms with Crippen molar-refractivity contribution in [1.29, 1.82) is 0 Å². The number of aromatic nitrogens is 2. The first-order valence-electron chi connectivity index (χ1n) is 8.00. The van der Waals surface area contributed by atoms with Crippen molar-refractivity contribution in [2.24, 2.45) is 0 Å². The minimum absolute atomic E-state index is 0.0200. The number of pyridine rings is 1. The van der Waals surface area contributed by atoms with Gasteiger partial charge >= 0.3 is 6.09 Å². The Morgan fingerprint density at radius 1 is 1.33 bits per heavy atom. The number of hydrogen-bond donors (Lipinski definition) is 0. The molecule has 0 fully saturated rings. The van der Waals surface area contributed by atoms with Gasteiger partial charge in [-0.3, -0.25) is 0 Å². The number of ether oxygens (including phenoxy) is 2. The van der Waals surface area contributed by atoms with Gasteiger partial charge in [0.25, 0.3) is 10.0 Å². The van der Waals surface area contributed by atoms with Crippen molar-refractivity contribution in [2.75, 3.05) is 14.2 Å². The maximum Gasteiger partial charge on any atom is 0.410 e. The van der Waals surface area contributed by atoms with E-state index < -0.39 is 21.7 Å². The smallest absolute Gasteiger partial charge is 0.410 e. The maximum absolute atomic E-state index is 12.8. The first kappa shape index (κ1) is 21.2. The second-order valence-corrected chi connectivity index (χ2v) is 9.47. The van der Waals surface area contributed by atoms with Crippen LogP contribution in [0.15, 0.2) is 40.1 Å². The number of nitrogens with zero attached hydrogens (tertiary/aromatic N) is 3. The molecule has 8 nitrogen and oxygen atoms in total. The predicted octanol–water partition coefficient (Wildman–Crippen LogP) is 3.26. The average molecular weight is 460 g/mol. The Kier molecular flexibility index (Phi) is 6.21. The van der Waals surface area contributed by atoms with E-state index in [2.05, 4.69) is 20.9 Å². The molecular formula is C17H22BrN3O5S. The summed E-state index contributed by atoms with van der Waals surface area (Å²) in [5, 5.41) is 0. The van der Waals surface area contributed by atoms with Crippen molar-refractivity contribution in [3.8, 4) is 5.88 Å². The van der Waals surface area contributed by atoms with E-state index in [4.69, 9.17) is 9.47 Å². The summed E-state index contributed by atoms with van der Waals surface area (Å²) in [6, 6.07) is 4.52. The summed E-state index contributed by atoms with van der Waals surface area (Å²) in [7, 11) is -0.806. The fraction of sp³-hybridized carbons (Fsp3) is 0.412. The second-order valence-electron chi connectivity index (χ2n) is 6.84. The molecule has 0 bridgehead atoms. The van der Waals surface area contributed by atoms with Gasteiger partial charge in [0.2, 0.25) is 5.88 Å². The van der Waals surface area contributed by atoms with E-state index >= 15 is 0 Å². The molecule has 0 aliphatic carbocycles. The lowest BCUT2D eigenvalue weighted by Gasteiger charge is -2.24. The van der Waals surface area contributed by atoms with Gasteiger partial charge in [-0.1, -0.05) is 0 Å². The normalized spacial score (nSPS) is 11.9. The average Bonchev–Trinajstić information content (AvgIpc) is 2.94. The third-order valence-corrected chi connectivity index (χ3v) is 5.90. The molecular weight excluding hydrogens is 438 g/mol. The van der Waals surface area contributed by atoms with E-state index in [1.807, 2.05) is 0 Å². The fourth-order valence-electron chi connectivity index (χ4n) is 2.17. The molecule has 2 aromatic rings. The molecule has 1 amide bonds. The van der Waals surface area contributed by atoms with E-state index in [1.54, 1.807) is 33.9 Å². The number of rotatable bonds is 5. The van der Waals surface area contributed by atoms with Crippen molar-refractivity contribution in [3.63, 3.8) is 0 Å². The molecule has 0 radical (unpaired) electrons. The van der Waals surface area contributed by atoms with Crippen LogP contribution in [0, 0.1) is 0 Å². The third-order valence-electron chi connectivity index (χ3n) is 3.40. The van der Waals surface area contributed by atoms with Gasteiger partial charge in [0.1, 0.15) is 15.1 Å². The Morgan fingerprint density at radius 3 is 2.52 bits per heavy atom. The minimum atomic E-state index is -3.84. The van der Waals surface area contributed by atoms with Crippen LogP contribution >= 0.6 is 15.9 Å². The van der Waals surface area contributed by atoms with Crippen LogP contribution in [0.4, 0.5) is 4.79 Å². The predicted molar refractivity (Wildman–Crippen MR) is 103 cm³/mol. The Morgan fingerprint density at radius 2 is 2.00 bits per heavy atom. The summed E-state index contributed by atoms with van der Waals surface area (Å²) in [4.78, 5) is 17.4. The summed E-state index contributed by atoms with van der Waals surface area (Å²) < 4.78 is 37.3. The molecule has 0 saturated carbocycles. The van der Waals surface area contributed by atoms with Gasteiger partial charge < -0.3 is 14.4 Å². The number of carbonyl (C=O) groups excluding carboxylic acids is 1. The van der Waals surface area contributed by atoms with Crippen LogP contribution in [0.3, 0.4) is 0 Å². The minimum Gasteiger partial charge on any atom is -0.481 e. The van der Waals surface area contributed by atoms with Gasteiger partial charge in [0.15, 0.2) is 0 Å². The van der Waals surface area contributed by atoms with Crippen molar-refractivity contribution in [1.82, 2.24) is 13.9 Å². The molecule has 27 heavy (non-hydrogen) atoms. The van der Waals surface area contributed by atoms with Crippen molar-refractivity contribution < 1.29 is 22.7 Å². The second kappa shape index (κ2) is 7.89. The summed E-state index contributed by atoms with van der Waals surface area (Å²) in [5.74, 6) is 0.320. The van der Waals surface area contributed by atoms with Crippen LogP contribution in [0.2, 0.25) is 0 Å². The molecule has 0 spiro atoms. The van der Waals surface area contributed by atoms with Gasteiger partial charge in [0, 0.05) is 19.3 Å². The summed E-state index contributed by atoms with van der Waals surface area (Å²) in [5.41, 5.74) is 0.0167. The molecule has 2 heterocycles. The third kappa shape index (κ3) is 5.23. The first-order chi connectivity index (χ1) is 12.4. The van der Waals surface area contributed by atoms with Crippen LogP contribution in [0.5, 0.6) is 5.88 Å². The lowest BCUT2D eigenvalue weighted by molar-refractivity contribution is 0.0285. The van der Waals surface area contributed by atoms with Crippen LogP contribution in [0.25, 0.3) is 0 Å².